The summed E-state index contributed by atoms with van der Waals surface area (Å²) >= 11 is 0. The van der Waals surface area contributed by atoms with Gasteiger partial charge in [-0.3, -0.25) is 9.59 Å². The molecular weight excluding hydrogens is 284 g/mol. The van der Waals surface area contributed by atoms with Crippen molar-refractivity contribution in [2.75, 3.05) is 40.5 Å². The van der Waals surface area contributed by atoms with Gasteiger partial charge in [0.05, 0.1) is 5.60 Å². The predicted molar refractivity (Wildman–Crippen MR) is 82.4 cm³/mol. The fourth-order valence-corrected chi connectivity index (χ4v) is 3.43. The number of carbonyl (C=O) groups excluding carboxylic acids is 2. The molecule has 6 nitrogen and oxygen atoms in total. The lowest BCUT2D eigenvalue weighted by Crippen LogP contribution is -2.53. The number of carbonyl (C=O) groups is 2. The van der Waals surface area contributed by atoms with Crippen LogP contribution < -0.4 is 5.32 Å². The van der Waals surface area contributed by atoms with Crippen molar-refractivity contribution >= 4 is 11.8 Å². The molecule has 2 amide bonds. The van der Waals surface area contributed by atoms with E-state index in [1.807, 2.05) is 4.90 Å². The van der Waals surface area contributed by atoms with E-state index in [1.165, 1.54) is 0 Å². The number of hydrogen-bond donors (Lipinski definition) is 1. The second kappa shape index (κ2) is 7.92. The van der Waals surface area contributed by atoms with E-state index in [1.54, 1.807) is 14.2 Å². The van der Waals surface area contributed by atoms with Gasteiger partial charge in [-0.1, -0.05) is 0 Å². The van der Waals surface area contributed by atoms with Crippen LogP contribution in [-0.2, 0) is 19.1 Å². The molecule has 2 saturated heterocycles. The Kier molecular flexibility index (Phi) is 6.20. The molecule has 0 aromatic heterocycles. The van der Waals surface area contributed by atoms with Crippen molar-refractivity contribution in [2.45, 2.75) is 44.1 Å². The zero-order valence-electron chi connectivity index (χ0n) is 13.7. The van der Waals surface area contributed by atoms with Crippen LogP contribution in [-0.4, -0.2) is 62.8 Å². The second-order valence-electron chi connectivity index (χ2n) is 6.31. The van der Waals surface area contributed by atoms with Crippen molar-refractivity contribution in [3.05, 3.63) is 0 Å². The smallest absolute Gasteiger partial charge is 0.225 e. The van der Waals surface area contributed by atoms with Gasteiger partial charge < -0.3 is 19.7 Å². The molecule has 0 bridgehead atoms. The maximum Gasteiger partial charge on any atom is 0.225 e. The molecule has 2 aliphatic heterocycles. The monoisotopic (exact) mass is 312 g/mol. The Bertz CT molecular complexity index is 396. The van der Waals surface area contributed by atoms with Crippen LogP contribution in [0.4, 0.5) is 0 Å². The summed E-state index contributed by atoms with van der Waals surface area (Å²) in [5, 5.41) is 2.64. The first-order chi connectivity index (χ1) is 10.6. The molecule has 2 heterocycles. The number of hydrogen-bond acceptors (Lipinski definition) is 4. The minimum atomic E-state index is -0.383. The van der Waals surface area contributed by atoms with Crippen LogP contribution in [0.25, 0.3) is 0 Å². The van der Waals surface area contributed by atoms with Crippen LogP contribution in [0.2, 0.25) is 0 Å². The molecule has 0 saturated carbocycles. The summed E-state index contributed by atoms with van der Waals surface area (Å²) in [6.07, 6.45) is 4.54. The molecule has 0 spiro atoms. The Morgan fingerprint density at radius 1 is 1.36 bits per heavy atom. The van der Waals surface area contributed by atoms with Crippen molar-refractivity contribution in [3.8, 4) is 0 Å². The Morgan fingerprint density at radius 3 is 2.73 bits per heavy atom. The molecule has 0 aromatic carbocycles. The first-order valence-corrected chi connectivity index (χ1v) is 8.22. The van der Waals surface area contributed by atoms with E-state index in [0.717, 1.165) is 32.2 Å². The number of methoxy groups -OCH3 is 1. The quantitative estimate of drug-likeness (QED) is 0.820. The highest BCUT2D eigenvalue weighted by atomic mass is 16.5. The number of rotatable bonds is 5. The summed E-state index contributed by atoms with van der Waals surface area (Å²) in [5.41, 5.74) is -0.383. The molecule has 0 aliphatic carbocycles. The summed E-state index contributed by atoms with van der Waals surface area (Å²) in [4.78, 5) is 26.1. The Labute approximate surface area is 132 Å². The first kappa shape index (κ1) is 17.2. The summed E-state index contributed by atoms with van der Waals surface area (Å²) in [7, 11) is 3.33. The number of piperidine rings is 1. The van der Waals surface area contributed by atoms with E-state index in [4.69, 9.17) is 9.47 Å². The van der Waals surface area contributed by atoms with Gasteiger partial charge in [0.1, 0.15) is 0 Å². The van der Waals surface area contributed by atoms with Crippen molar-refractivity contribution in [3.63, 3.8) is 0 Å². The van der Waals surface area contributed by atoms with Crippen molar-refractivity contribution in [2.24, 2.45) is 5.92 Å². The van der Waals surface area contributed by atoms with Crippen LogP contribution >= 0.6 is 0 Å². The Balaban J connectivity index is 1.95. The average Bonchev–Trinajstić information content (AvgIpc) is 2.60. The zero-order chi connectivity index (χ0) is 16.0. The topological polar surface area (TPSA) is 67.9 Å². The average molecular weight is 312 g/mol. The van der Waals surface area contributed by atoms with Gasteiger partial charge in [0.15, 0.2) is 0 Å². The maximum atomic E-state index is 12.7. The summed E-state index contributed by atoms with van der Waals surface area (Å²) < 4.78 is 11.1. The third-order valence-corrected chi connectivity index (χ3v) is 4.94. The molecule has 0 radical (unpaired) electrons. The third kappa shape index (κ3) is 4.20. The normalized spacial score (nSPS) is 26.7. The lowest BCUT2D eigenvalue weighted by atomic mass is 9.86. The molecule has 126 valence electrons. The van der Waals surface area contributed by atoms with E-state index in [0.29, 0.717) is 32.6 Å². The molecule has 1 N–H and O–H groups in total. The number of nitrogens with one attached hydrogen (secondary N) is 1. The minimum absolute atomic E-state index is 0.0179. The first-order valence-electron chi connectivity index (χ1n) is 8.22. The fraction of sp³-hybridized carbons (Fsp3) is 0.875. The van der Waals surface area contributed by atoms with Gasteiger partial charge in [-0.05, 0) is 32.1 Å². The van der Waals surface area contributed by atoms with Crippen LogP contribution in [0.1, 0.15) is 38.5 Å². The van der Waals surface area contributed by atoms with E-state index < -0.39 is 0 Å². The van der Waals surface area contributed by atoms with Crippen molar-refractivity contribution < 1.29 is 19.1 Å². The van der Waals surface area contributed by atoms with Crippen molar-refractivity contribution in [1.29, 1.82) is 0 Å². The molecule has 6 heteroatoms. The number of nitrogens with zero attached hydrogens (tertiary/aromatic N) is 1. The lowest BCUT2D eigenvalue weighted by Gasteiger charge is -2.43. The van der Waals surface area contributed by atoms with Gasteiger partial charge in [-0.2, -0.15) is 0 Å². The van der Waals surface area contributed by atoms with Crippen LogP contribution in [0.3, 0.4) is 0 Å². The highest BCUT2D eigenvalue weighted by Gasteiger charge is 2.39. The molecule has 2 aliphatic rings. The molecule has 2 fully saturated rings. The molecular formula is C16H28N2O4. The largest absolute Gasteiger partial charge is 0.381 e. The van der Waals surface area contributed by atoms with Crippen LogP contribution in [0, 0.1) is 5.92 Å². The SMILES string of the molecule is CNC(=O)CC[C@]1(OC)CCCN(C(=O)C2CCOCC2)C1. The number of likely N-dealkylation sites (tertiary alicyclic amines) is 1. The Hall–Kier alpha value is -1.14. The summed E-state index contributed by atoms with van der Waals surface area (Å²) in [6, 6.07) is 0. The van der Waals surface area contributed by atoms with E-state index in [-0.39, 0.29) is 23.3 Å². The second-order valence-corrected chi connectivity index (χ2v) is 6.31. The van der Waals surface area contributed by atoms with Gasteiger partial charge >= 0.3 is 0 Å². The van der Waals surface area contributed by atoms with Gasteiger partial charge in [-0.15, -0.1) is 0 Å². The minimum Gasteiger partial charge on any atom is -0.381 e. The third-order valence-electron chi connectivity index (χ3n) is 4.94. The highest BCUT2D eigenvalue weighted by molar-refractivity contribution is 5.79. The maximum absolute atomic E-state index is 12.7. The van der Waals surface area contributed by atoms with Crippen LogP contribution in [0.15, 0.2) is 0 Å². The van der Waals surface area contributed by atoms with Gasteiger partial charge in [0, 0.05) is 52.8 Å². The standard InChI is InChI=1S/C16H28N2O4/c1-17-14(19)4-8-16(21-2)7-3-9-18(12-16)15(20)13-5-10-22-11-6-13/h13H,3-12H2,1-2H3,(H,17,19)/t16-/m1/s1. The molecule has 2 rings (SSSR count). The molecule has 22 heavy (non-hydrogen) atoms. The van der Waals surface area contributed by atoms with E-state index in [2.05, 4.69) is 5.32 Å². The fourth-order valence-electron chi connectivity index (χ4n) is 3.43. The van der Waals surface area contributed by atoms with Gasteiger partial charge in [0.2, 0.25) is 11.8 Å². The number of ether oxygens (including phenoxy) is 2. The number of amides is 2. The lowest BCUT2D eigenvalue weighted by molar-refractivity contribution is -0.148. The van der Waals surface area contributed by atoms with E-state index >= 15 is 0 Å². The molecule has 0 unspecified atom stereocenters. The predicted octanol–water partition coefficient (Wildman–Crippen LogP) is 0.947. The van der Waals surface area contributed by atoms with Crippen molar-refractivity contribution in [1.82, 2.24) is 10.2 Å². The summed E-state index contributed by atoms with van der Waals surface area (Å²) in [5.74, 6) is 0.328. The highest BCUT2D eigenvalue weighted by Crippen LogP contribution is 2.31. The Morgan fingerprint density at radius 2 is 2.09 bits per heavy atom. The van der Waals surface area contributed by atoms with Gasteiger partial charge in [0.25, 0.3) is 0 Å². The molecule has 1 atom stereocenters. The van der Waals surface area contributed by atoms with E-state index in [9.17, 15) is 9.59 Å². The summed E-state index contributed by atoms with van der Waals surface area (Å²) in [6.45, 7) is 2.74. The van der Waals surface area contributed by atoms with Crippen LogP contribution in [0.5, 0.6) is 0 Å². The van der Waals surface area contributed by atoms with Gasteiger partial charge in [-0.25, -0.2) is 0 Å². The zero-order valence-corrected chi connectivity index (χ0v) is 13.7. The molecule has 0 aromatic rings.